The highest BCUT2D eigenvalue weighted by molar-refractivity contribution is 7.84. The van der Waals surface area contributed by atoms with Gasteiger partial charge in [-0.2, -0.15) is 0 Å². The number of nitrogens with zero attached hydrogens (tertiary/aromatic N) is 1. The Morgan fingerprint density at radius 3 is 2.48 bits per heavy atom. The van der Waals surface area contributed by atoms with E-state index in [0.29, 0.717) is 18.9 Å². The molecule has 0 radical (unpaired) electrons. The highest BCUT2D eigenvalue weighted by Crippen LogP contribution is 2.34. The van der Waals surface area contributed by atoms with Crippen LogP contribution in [-0.4, -0.2) is 13.9 Å². The van der Waals surface area contributed by atoms with Gasteiger partial charge in [0.05, 0.1) is 15.7 Å². The zero-order chi connectivity index (χ0) is 18.4. The van der Waals surface area contributed by atoms with Crippen LogP contribution in [-0.2, 0) is 17.6 Å². The fraction of sp³-hybridized carbons (Fsp3) is 0.450. The standard InChI is InChI=1S/C20H28N2O2S/c1-15(2)18(13-20(3,4)25(21)23)19-12-17(10-11-22-19)24-14-16-8-6-5-7-9-16/h5-12,15,18H,13-14,21H2,1-4H3/t18-,25?/m0/s1. The summed E-state index contributed by atoms with van der Waals surface area (Å²) in [7, 11) is -1.38. The molecule has 1 aromatic heterocycles. The second kappa shape index (κ2) is 8.59. The summed E-state index contributed by atoms with van der Waals surface area (Å²) in [6.45, 7) is 8.70. The van der Waals surface area contributed by atoms with Crippen molar-refractivity contribution in [1.29, 1.82) is 0 Å². The summed E-state index contributed by atoms with van der Waals surface area (Å²) in [5, 5.41) is 5.67. The summed E-state index contributed by atoms with van der Waals surface area (Å²) in [6, 6.07) is 13.9. The number of benzene rings is 1. The first-order valence-electron chi connectivity index (χ1n) is 8.58. The van der Waals surface area contributed by atoms with Gasteiger partial charge in [0, 0.05) is 23.9 Å². The molecule has 2 atom stereocenters. The maximum atomic E-state index is 11.8. The second-order valence-electron chi connectivity index (χ2n) is 7.30. The molecule has 4 nitrogen and oxygen atoms in total. The number of ether oxygens (including phenoxy) is 1. The summed E-state index contributed by atoms with van der Waals surface area (Å²) in [5.41, 5.74) is 2.08. The Kier molecular flexibility index (Phi) is 6.73. The molecule has 136 valence electrons. The van der Waals surface area contributed by atoms with Gasteiger partial charge >= 0.3 is 0 Å². The minimum atomic E-state index is -1.38. The molecule has 0 saturated heterocycles. The van der Waals surface area contributed by atoms with Crippen LogP contribution < -0.4 is 9.88 Å². The van der Waals surface area contributed by atoms with Gasteiger partial charge in [0.2, 0.25) is 0 Å². The molecule has 2 rings (SSSR count). The van der Waals surface area contributed by atoms with Crippen LogP contribution in [0.25, 0.3) is 0 Å². The molecule has 1 heterocycles. The van der Waals surface area contributed by atoms with Gasteiger partial charge < -0.3 is 4.74 Å². The van der Waals surface area contributed by atoms with E-state index in [4.69, 9.17) is 9.88 Å². The zero-order valence-electron chi connectivity index (χ0n) is 15.4. The fourth-order valence-corrected chi connectivity index (χ4v) is 3.10. The fourth-order valence-electron chi connectivity index (χ4n) is 2.75. The van der Waals surface area contributed by atoms with E-state index >= 15 is 0 Å². The van der Waals surface area contributed by atoms with Gasteiger partial charge in [0.1, 0.15) is 12.4 Å². The van der Waals surface area contributed by atoms with Crippen molar-refractivity contribution in [2.75, 3.05) is 0 Å². The van der Waals surface area contributed by atoms with E-state index in [1.54, 1.807) is 6.20 Å². The van der Waals surface area contributed by atoms with Gasteiger partial charge in [-0.3, -0.25) is 10.1 Å². The van der Waals surface area contributed by atoms with Crippen molar-refractivity contribution in [2.24, 2.45) is 11.1 Å². The maximum absolute atomic E-state index is 11.8. The molecule has 0 aliphatic heterocycles. The molecule has 0 aliphatic carbocycles. The predicted octanol–water partition coefficient (Wildman–Crippen LogP) is 4.19. The first-order valence-corrected chi connectivity index (χ1v) is 9.80. The normalized spacial score (nSPS) is 14.3. The molecule has 1 unspecified atom stereocenters. The monoisotopic (exact) mass is 360 g/mol. The molecule has 25 heavy (non-hydrogen) atoms. The molecule has 5 heteroatoms. The van der Waals surface area contributed by atoms with Crippen LogP contribution >= 0.6 is 0 Å². The number of hydrogen-bond donors (Lipinski definition) is 1. The molecule has 0 saturated carbocycles. The van der Waals surface area contributed by atoms with E-state index in [-0.39, 0.29) is 5.92 Å². The van der Waals surface area contributed by atoms with E-state index in [0.717, 1.165) is 17.0 Å². The average molecular weight is 361 g/mol. The molecule has 1 aromatic carbocycles. The van der Waals surface area contributed by atoms with E-state index in [9.17, 15) is 4.21 Å². The third-order valence-corrected chi connectivity index (χ3v) is 5.70. The van der Waals surface area contributed by atoms with Gasteiger partial charge in [-0.05, 0) is 37.8 Å². The van der Waals surface area contributed by atoms with E-state index in [2.05, 4.69) is 18.8 Å². The molecular formula is C20H28N2O2S. The molecule has 2 N–H and O–H groups in total. The minimum Gasteiger partial charge on any atom is -0.489 e. The summed E-state index contributed by atoms with van der Waals surface area (Å²) in [4.78, 5) is 4.54. The van der Waals surface area contributed by atoms with Crippen LogP contribution in [0, 0.1) is 5.92 Å². The maximum Gasteiger partial charge on any atom is 0.123 e. The largest absolute Gasteiger partial charge is 0.489 e. The second-order valence-corrected chi connectivity index (χ2v) is 9.00. The molecule has 0 spiro atoms. The van der Waals surface area contributed by atoms with Crippen LogP contribution in [0.4, 0.5) is 0 Å². The van der Waals surface area contributed by atoms with Gasteiger partial charge in [0.15, 0.2) is 0 Å². The number of hydrogen-bond acceptors (Lipinski definition) is 3. The Hall–Kier alpha value is -1.72. The number of pyridine rings is 1. The molecule has 0 aliphatic rings. The third-order valence-electron chi connectivity index (χ3n) is 4.44. The van der Waals surface area contributed by atoms with Crippen molar-refractivity contribution in [3.63, 3.8) is 0 Å². The van der Waals surface area contributed by atoms with E-state index in [1.165, 1.54) is 0 Å². The number of aromatic nitrogens is 1. The Morgan fingerprint density at radius 2 is 1.88 bits per heavy atom. The van der Waals surface area contributed by atoms with Crippen molar-refractivity contribution >= 4 is 11.0 Å². The SMILES string of the molecule is CC(C)[C@H](CC(C)(C)S(N)=O)c1cc(OCc2ccccc2)ccn1. The van der Waals surface area contributed by atoms with Crippen LogP contribution in [0.3, 0.4) is 0 Å². The van der Waals surface area contributed by atoms with Crippen LogP contribution in [0.2, 0.25) is 0 Å². The smallest absolute Gasteiger partial charge is 0.123 e. The summed E-state index contributed by atoms with van der Waals surface area (Å²) < 4.78 is 17.3. The van der Waals surface area contributed by atoms with Crippen molar-refractivity contribution in [3.05, 3.63) is 59.9 Å². The van der Waals surface area contributed by atoms with Gasteiger partial charge in [-0.1, -0.05) is 44.2 Å². The minimum absolute atomic E-state index is 0.169. The molecule has 2 aromatic rings. The van der Waals surface area contributed by atoms with Crippen LogP contribution in [0.5, 0.6) is 5.75 Å². The van der Waals surface area contributed by atoms with Gasteiger partial charge in [-0.15, -0.1) is 0 Å². The molecular weight excluding hydrogens is 332 g/mol. The lowest BCUT2D eigenvalue weighted by Crippen LogP contribution is -2.34. The van der Waals surface area contributed by atoms with E-state index in [1.807, 2.05) is 56.3 Å². The van der Waals surface area contributed by atoms with Gasteiger partial charge in [0.25, 0.3) is 0 Å². The van der Waals surface area contributed by atoms with Crippen molar-refractivity contribution in [1.82, 2.24) is 4.98 Å². The van der Waals surface area contributed by atoms with Crippen molar-refractivity contribution in [3.8, 4) is 5.75 Å². The topological polar surface area (TPSA) is 65.2 Å². The molecule has 0 bridgehead atoms. The lowest BCUT2D eigenvalue weighted by Gasteiger charge is -2.29. The quantitative estimate of drug-likeness (QED) is 0.767. The Bertz CT molecular complexity index is 702. The Balaban J connectivity index is 2.15. The summed E-state index contributed by atoms with van der Waals surface area (Å²) >= 11 is 0. The van der Waals surface area contributed by atoms with Crippen molar-refractivity contribution < 1.29 is 8.95 Å². The first-order chi connectivity index (χ1) is 11.8. The summed E-state index contributed by atoms with van der Waals surface area (Å²) in [5.74, 6) is 1.33. The highest BCUT2D eigenvalue weighted by atomic mass is 32.2. The predicted molar refractivity (Wildman–Crippen MR) is 104 cm³/mol. The highest BCUT2D eigenvalue weighted by Gasteiger charge is 2.31. The van der Waals surface area contributed by atoms with Crippen LogP contribution in [0.15, 0.2) is 48.7 Å². The van der Waals surface area contributed by atoms with Gasteiger partial charge in [-0.25, -0.2) is 4.21 Å². The third kappa shape index (κ3) is 5.65. The number of rotatable bonds is 8. The van der Waals surface area contributed by atoms with Crippen molar-refractivity contribution in [2.45, 2.75) is 51.4 Å². The zero-order valence-corrected chi connectivity index (χ0v) is 16.3. The lowest BCUT2D eigenvalue weighted by molar-refractivity contribution is 0.304. The number of nitrogens with two attached hydrogens (primary N) is 1. The molecule has 0 amide bonds. The van der Waals surface area contributed by atoms with E-state index < -0.39 is 15.7 Å². The Labute approximate surface area is 153 Å². The van der Waals surface area contributed by atoms with Crippen LogP contribution in [0.1, 0.15) is 51.3 Å². The Morgan fingerprint density at radius 1 is 1.20 bits per heavy atom. The molecule has 0 fully saturated rings. The first kappa shape index (κ1) is 19.6. The summed E-state index contributed by atoms with van der Waals surface area (Å²) in [6.07, 6.45) is 2.49. The lowest BCUT2D eigenvalue weighted by atomic mass is 9.84. The average Bonchev–Trinajstić information content (AvgIpc) is 2.59.